The van der Waals surface area contributed by atoms with E-state index in [1.54, 1.807) is 11.8 Å². The number of hydrogen-bond donors (Lipinski definition) is 1. The number of carbonyl (C=O) groups is 1. The first kappa shape index (κ1) is 11.5. The van der Waals surface area contributed by atoms with Crippen molar-refractivity contribution in [2.24, 2.45) is 5.73 Å². The van der Waals surface area contributed by atoms with Gasteiger partial charge in [-0.3, -0.25) is 4.79 Å². The van der Waals surface area contributed by atoms with Crippen molar-refractivity contribution in [3.8, 4) is 0 Å². The second kappa shape index (κ2) is 4.75. The second-order valence-corrected chi connectivity index (χ2v) is 4.83. The summed E-state index contributed by atoms with van der Waals surface area (Å²) in [6, 6.07) is 3.97. The van der Waals surface area contributed by atoms with Crippen LogP contribution in [0.3, 0.4) is 0 Å². The molecule has 2 nitrogen and oxygen atoms in total. The Morgan fingerprint density at radius 3 is 2.21 bits per heavy atom. The lowest BCUT2D eigenvalue weighted by Crippen LogP contribution is -2.02. The van der Waals surface area contributed by atoms with Crippen LogP contribution in [-0.2, 0) is 0 Å². The van der Waals surface area contributed by atoms with E-state index in [4.69, 9.17) is 5.73 Å². The smallest absolute Gasteiger partial charge is 0.281 e. The van der Waals surface area contributed by atoms with Gasteiger partial charge in [-0.2, -0.15) is 0 Å². The fourth-order valence-electron chi connectivity index (χ4n) is 1.21. The zero-order valence-corrected chi connectivity index (χ0v) is 10.1. The summed E-state index contributed by atoms with van der Waals surface area (Å²) in [5, 5.41) is -0.357. The van der Waals surface area contributed by atoms with Crippen molar-refractivity contribution in [3.63, 3.8) is 0 Å². The van der Waals surface area contributed by atoms with E-state index in [2.05, 4.69) is 6.92 Å². The van der Waals surface area contributed by atoms with Crippen LogP contribution in [0.1, 0.15) is 11.1 Å². The van der Waals surface area contributed by atoms with Gasteiger partial charge >= 0.3 is 0 Å². The Balaban J connectivity index is 3.10. The molecule has 0 spiro atoms. The molecule has 1 aromatic carbocycles. The van der Waals surface area contributed by atoms with E-state index in [-0.39, 0.29) is 5.24 Å². The van der Waals surface area contributed by atoms with E-state index >= 15 is 0 Å². The molecule has 0 bridgehead atoms. The molecule has 14 heavy (non-hydrogen) atoms. The molecule has 0 saturated heterocycles. The molecule has 1 amide bonds. The van der Waals surface area contributed by atoms with Gasteiger partial charge in [0.25, 0.3) is 5.24 Å². The van der Waals surface area contributed by atoms with Gasteiger partial charge in [0, 0.05) is 9.79 Å². The standard InChI is InChI=1S/C10H13NOS2/c1-6-7(2)9(14-10(11)12)5-4-8(6)13-3/h4-5H,1-3H3,(H2,11,12). The average Bonchev–Trinajstić information content (AvgIpc) is 2.13. The predicted octanol–water partition coefficient (Wildman–Crippen LogP) is 3.20. The highest BCUT2D eigenvalue weighted by Crippen LogP contribution is 2.30. The van der Waals surface area contributed by atoms with Crippen LogP contribution in [-0.4, -0.2) is 11.5 Å². The monoisotopic (exact) mass is 227 g/mol. The maximum absolute atomic E-state index is 10.8. The average molecular weight is 227 g/mol. The minimum absolute atomic E-state index is 0.357. The number of primary amides is 1. The molecule has 1 rings (SSSR count). The normalized spacial score (nSPS) is 10.2. The third-order valence-corrected chi connectivity index (χ3v) is 3.86. The van der Waals surface area contributed by atoms with Crippen molar-refractivity contribution in [3.05, 3.63) is 23.3 Å². The number of rotatable bonds is 2. The van der Waals surface area contributed by atoms with E-state index in [0.717, 1.165) is 22.2 Å². The molecule has 0 aliphatic heterocycles. The zero-order chi connectivity index (χ0) is 10.7. The lowest BCUT2D eigenvalue weighted by Gasteiger charge is -2.09. The van der Waals surface area contributed by atoms with Crippen molar-refractivity contribution >= 4 is 28.8 Å². The Hall–Kier alpha value is -0.610. The molecular weight excluding hydrogens is 214 g/mol. The number of carbonyl (C=O) groups excluding carboxylic acids is 1. The van der Waals surface area contributed by atoms with Crippen LogP contribution in [0.2, 0.25) is 0 Å². The van der Waals surface area contributed by atoms with Crippen LogP contribution >= 0.6 is 23.5 Å². The Bertz CT molecular complexity index is 363. The molecule has 76 valence electrons. The molecule has 0 aliphatic rings. The maximum atomic E-state index is 10.8. The van der Waals surface area contributed by atoms with Crippen LogP contribution in [0.4, 0.5) is 4.79 Å². The summed E-state index contributed by atoms with van der Waals surface area (Å²) in [6.07, 6.45) is 2.04. The molecule has 4 heteroatoms. The van der Waals surface area contributed by atoms with Gasteiger partial charge in [-0.05, 0) is 55.1 Å². The number of hydrogen-bond acceptors (Lipinski definition) is 3. The highest BCUT2D eigenvalue weighted by Gasteiger charge is 2.08. The van der Waals surface area contributed by atoms with Crippen molar-refractivity contribution in [1.82, 2.24) is 0 Å². The molecule has 0 heterocycles. The van der Waals surface area contributed by atoms with E-state index < -0.39 is 0 Å². The van der Waals surface area contributed by atoms with Crippen LogP contribution < -0.4 is 5.73 Å². The van der Waals surface area contributed by atoms with Crippen LogP contribution in [0.5, 0.6) is 0 Å². The largest absolute Gasteiger partial charge is 0.360 e. The van der Waals surface area contributed by atoms with Crippen molar-refractivity contribution < 1.29 is 4.79 Å². The Morgan fingerprint density at radius 1 is 1.21 bits per heavy atom. The summed E-state index contributed by atoms with van der Waals surface area (Å²) in [4.78, 5) is 13.0. The van der Waals surface area contributed by atoms with E-state index in [1.165, 1.54) is 10.5 Å². The maximum Gasteiger partial charge on any atom is 0.281 e. The molecule has 0 saturated carbocycles. The fourth-order valence-corrected chi connectivity index (χ4v) is 2.53. The first-order valence-corrected chi connectivity index (χ1v) is 6.22. The Labute approximate surface area is 92.6 Å². The molecule has 0 atom stereocenters. The summed E-state index contributed by atoms with van der Waals surface area (Å²) in [5.41, 5.74) is 7.50. The zero-order valence-electron chi connectivity index (χ0n) is 8.46. The Kier molecular flexibility index (Phi) is 3.89. The van der Waals surface area contributed by atoms with Crippen molar-refractivity contribution in [2.45, 2.75) is 23.6 Å². The van der Waals surface area contributed by atoms with Gasteiger partial charge in [-0.1, -0.05) is 0 Å². The molecule has 1 aromatic rings. The summed E-state index contributed by atoms with van der Waals surface area (Å²) in [6.45, 7) is 4.08. The Morgan fingerprint density at radius 2 is 1.71 bits per heavy atom. The topological polar surface area (TPSA) is 43.1 Å². The molecule has 0 aromatic heterocycles. The van der Waals surface area contributed by atoms with Gasteiger partial charge in [0.15, 0.2) is 0 Å². The minimum Gasteiger partial charge on any atom is -0.360 e. The lowest BCUT2D eigenvalue weighted by molar-refractivity contribution is 0.267. The molecule has 0 aliphatic carbocycles. The summed E-state index contributed by atoms with van der Waals surface area (Å²) in [7, 11) is 0. The van der Waals surface area contributed by atoms with E-state index in [0.29, 0.717) is 0 Å². The van der Waals surface area contributed by atoms with Crippen LogP contribution in [0, 0.1) is 13.8 Å². The third kappa shape index (κ3) is 2.45. The number of thioether (sulfide) groups is 2. The highest BCUT2D eigenvalue weighted by molar-refractivity contribution is 8.13. The number of nitrogens with two attached hydrogens (primary N) is 1. The van der Waals surface area contributed by atoms with Gasteiger partial charge in [0.1, 0.15) is 0 Å². The highest BCUT2D eigenvalue weighted by atomic mass is 32.2. The number of amides is 1. The van der Waals surface area contributed by atoms with Crippen LogP contribution in [0.15, 0.2) is 21.9 Å². The molecule has 0 radical (unpaired) electrons. The van der Waals surface area contributed by atoms with Crippen LogP contribution in [0.25, 0.3) is 0 Å². The summed E-state index contributed by atoms with van der Waals surface area (Å²) in [5.74, 6) is 0. The first-order valence-electron chi connectivity index (χ1n) is 4.17. The summed E-state index contributed by atoms with van der Waals surface area (Å²) < 4.78 is 0. The molecule has 0 fully saturated rings. The van der Waals surface area contributed by atoms with Gasteiger partial charge in [-0.15, -0.1) is 11.8 Å². The predicted molar refractivity (Wildman–Crippen MR) is 63.1 cm³/mol. The third-order valence-electron chi connectivity index (χ3n) is 2.12. The fraction of sp³-hybridized carbons (Fsp3) is 0.300. The number of benzene rings is 1. The molecular formula is C10H13NOS2. The van der Waals surface area contributed by atoms with E-state index in [1.807, 2.05) is 25.3 Å². The molecule has 2 N–H and O–H groups in total. The van der Waals surface area contributed by atoms with Gasteiger partial charge < -0.3 is 5.73 Å². The van der Waals surface area contributed by atoms with E-state index in [9.17, 15) is 4.79 Å². The van der Waals surface area contributed by atoms with Gasteiger partial charge in [-0.25, -0.2) is 0 Å². The first-order chi connectivity index (χ1) is 6.56. The summed E-state index contributed by atoms with van der Waals surface area (Å²) >= 11 is 2.80. The lowest BCUT2D eigenvalue weighted by atomic mass is 10.1. The van der Waals surface area contributed by atoms with Gasteiger partial charge in [0.05, 0.1) is 0 Å². The van der Waals surface area contributed by atoms with Crippen molar-refractivity contribution in [2.75, 3.05) is 6.26 Å². The minimum atomic E-state index is -0.357. The van der Waals surface area contributed by atoms with Crippen molar-refractivity contribution in [1.29, 1.82) is 0 Å². The quantitative estimate of drug-likeness (QED) is 0.789. The SMILES string of the molecule is CSc1ccc(SC(N)=O)c(C)c1C. The second-order valence-electron chi connectivity index (χ2n) is 2.94. The van der Waals surface area contributed by atoms with Gasteiger partial charge in [0.2, 0.25) is 0 Å². The molecule has 0 unspecified atom stereocenters.